The summed E-state index contributed by atoms with van der Waals surface area (Å²) in [6.45, 7) is 32.4. The van der Waals surface area contributed by atoms with Crippen LogP contribution in [0.4, 0.5) is 0 Å². The highest BCUT2D eigenvalue weighted by Crippen LogP contribution is 2.46. The molecule has 37 heavy (non-hydrogen) atoms. The number of hydrogen-bond acceptors (Lipinski definition) is 12. The van der Waals surface area contributed by atoms with Crippen molar-refractivity contribution >= 4 is 70.2 Å². The first-order chi connectivity index (χ1) is 17.3. The molecular formula is C17H28O12Si8. The highest BCUT2D eigenvalue weighted by molar-refractivity contribution is 7.05. The largest absolute Gasteiger partial charge is 0.511 e. The van der Waals surface area contributed by atoms with Crippen molar-refractivity contribution in [3.8, 4) is 0 Å². The predicted molar refractivity (Wildman–Crippen MR) is 148 cm³/mol. The van der Waals surface area contributed by atoms with Gasteiger partial charge in [0.05, 0.1) is 0 Å². The topological polar surface area (TPSA) is 122 Å². The average Bonchev–Trinajstić information content (AvgIpc) is 2.84. The summed E-state index contributed by atoms with van der Waals surface area (Å²) < 4.78 is 70.8. The molecule has 0 aromatic heterocycles. The molecule has 0 aliphatic carbocycles. The van der Waals surface area contributed by atoms with Crippen LogP contribution in [0.2, 0.25) is 6.55 Å². The van der Waals surface area contributed by atoms with Gasteiger partial charge in [-0.3, -0.25) is 0 Å². The highest BCUT2D eigenvalue weighted by Gasteiger charge is 2.77. The van der Waals surface area contributed by atoms with Crippen LogP contribution in [0.5, 0.6) is 0 Å². The molecular weight excluding hydrogens is 621 g/mol. The standard InChI is InChI=1S/C17H28O12Si8/c1-10-30(9)19-32(12-3)23-34(14-5)21-31(18,11-2)22-35(15-6)24-33(13-4,20-30)26-36(16-7,25-32)29-37(17-8,27-34)28-35/h10-18H,1-8H2,9H3. The first-order valence-electron chi connectivity index (χ1n) is 10.8. The van der Waals surface area contributed by atoms with Crippen LogP contribution in [0, 0.1) is 0 Å². The van der Waals surface area contributed by atoms with E-state index >= 15 is 0 Å². The van der Waals surface area contributed by atoms with Gasteiger partial charge in [0, 0.05) is 0 Å². The van der Waals surface area contributed by atoms with Crippen LogP contribution in [-0.2, 0) is 45.3 Å². The monoisotopic (exact) mass is 648 g/mol. The minimum Gasteiger partial charge on any atom is -0.388 e. The summed E-state index contributed by atoms with van der Waals surface area (Å²) in [6, 6.07) is 0. The molecule has 20 heteroatoms. The van der Waals surface area contributed by atoms with Gasteiger partial charge in [-0.1, -0.05) is 12.3 Å². The molecule has 4 atom stereocenters. The van der Waals surface area contributed by atoms with E-state index in [1.807, 2.05) is 0 Å². The molecule has 4 saturated heterocycles. The molecule has 4 aliphatic rings. The van der Waals surface area contributed by atoms with Crippen LogP contribution in [-0.4, -0.2) is 75.0 Å². The maximum absolute atomic E-state index is 11.5. The molecule has 6 bridgehead atoms. The Morgan fingerprint density at radius 1 is 0.378 bits per heavy atom. The van der Waals surface area contributed by atoms with Gasteiger partial charge in [-0.25, -0.2) is 0 Å². The minimum absolute atomic E-state index is 1.10. The van der Waals surface area contributed by atoms with Crippen LogP contribution in [0.15, 0.2) is 98.2 Å². The quantitative estimate of drug-likeness (QED) is 0.385. The van der Waals surface area contributed by atoms with Crippen molar-refractivity contribution in [1.82, 2.24) is 0 Å². The summed E-state index contributed by atoms with van der Waals surface area (Å²) >= 11 is 0. The second-order valence-electron chi connectivity index (χ2n) is 8.02. The first kappa shape index (κ1) is 29.2. The summed E-state index contributed by atoms with van der Waals surface area (Å²) in [5, 5.41) is 0. The molecule has 0 aromatic carbocycles. The van der Waals surface area contributed by atoms with E-state index in [0.717, 1.165) is 5.70 Å². The highest BCUT2D eigenvalue weighted by atomic mass is 28.6. The summed E-state index contributed by atoms with van der Waals surface area (Å²) in [5.74, 6) is 0. The second kappa shape index (κ2) is 9.38. The lowest BCUT2D eigenvalue weighted by Crippen LogP contribution is -2.83. The zero-order valence-electron chi connectivity index (χ0n) is 20.2. The van der Waals surface area contributed by atoms with Gasteiger partial charge in [0.1, 0.15) is 0 Å². The van der Waals surface area contributed by atoms with E-state index < -0.39 is 70.2 Å². The third-order valence-corrected chi connectivity index (χ3v) is 35.7. The van der Waals surface area contributed by atoms with Crippen molar-refractivity contribution in [2.75, 3.05) is 0 Å². The third kappa shape index (κ3) is 4.87. The van der Waals surface area contributed by atoms with Crippen LogP contribution in [0.25, 0.3) is 0 Å². The Balaban J connectivity index is 2.15. The van der Waals surface area contributed by atoms with Crippen molar-refractivity contribution in [1.29, 1.82) is 0 Å². The molecule has 0 radical (unpaired) electrons. The first-order valence-corrected chi connectivity index (χ1v) is 25.8. The Kier molecular flexibility index (Phi) is 7.39. The minimum atomic E-state index is -4.42. The molecule has 0 saturated carbocycles. The lowest BCUT2D eigenvalue weighted by atomic mass is 11.3. The lowest BCUT2D eigenvalue weighted by molar-refractivity contribution is 0.0232. The molecule has 4 rings (SSSR count). The van der Waals surface area contributed by atoms with Crippen LogP contribution in [0.3, 0.4) is 0 Å². The fraction of sp³-hybridized carbons (Fsp3) is 0.0588. The normalized spacial score (nSPS) is 51.0. The van der Waals surface area contributed by atoms with Crippen molar-refractivity contribution in [2.24, 2.45) is 0 Å². The van der Waals surface area contributed by atoms with E-state index in [1.165, 1.54) is 39.9 Å². The van der Waals surface area contributed by atoms with Gasteiger partial charge in [-0.15, -0.1) is 46.1 Å². The van der Waals surface area contributed by atoms with Crippen molar-refractivity contribution in [3.63, 3.8) is 0 Å². The van der Waals surface area contributed by atoms with Gasteiger partial charge >= 0.3 is 70.2 Å². The molecule has 4 heterocycles. The van der Waals surface area contributed by atoms with Crippen LogP contribution >= 0.6 is 0 Å². The maximum atomic E-state index is 11.5. The van der Waals surface area contributed by atoms with E-state index in [0.29, 0.717) is 0 Å². The van der Waals surface area contributed by atoms with Gasteiger partial charge in [0.15, 0.2) is 0 Å². The van der Waals surface area contributed by atoms with E-state index in [9.17, 15) is 4.80 Å². The van der Waals surface area contributed by atoms with Crippen molar-refractivity contribution in [3.05, 3.63) is 98.2 Å². The summed E-state index contributed by atoms with van der Waals surface area (Å²) in [7, 11) is -33.1. The molecule has 0 spiro atoms. The smallest absolute Gasteiger partial charge is 0.388 e. The SMILES string of the molecule is C=C[Si]1(C)O[Si]2(C=C)O[Si]3(C=C)O[Si](O)(C=C)O[Si]4(C=C)O[Si](C=C)(O1)O[Si](C=C)(O2)O[Si](C=C)(O3)O4. The average molecular weight is 649 g/mol. The number of fused-ring (bicyclic) bond motifs is 4. The van der Waals surface area contributed by atoms with E-state index in [4.69, 9.17) is 45.3 Å². The van der Waals surface area contributed by atoms with Gasteiger partial charge in [0.2, 0.25) is 0 Å². The van der Waals surface area contributed by atoms with E-state index in [1.54, 1.807) is 6.55 Å². The van der Waals surface area contributed by atoms with Gasteiger partial charge in [0.25, 0.3) is 0 Å². The lowest BCUT2D eigenvalue weighted by Gasteiger charge is -2.57. The molecule has 1 N–H and O–H groups in total. The molecule has 0 amide bonds. The van der Waals surface area contributed by atoms with Gasteiger partial charge in [-0.2, -0.15) is 0 Å². The Labute approximate surface area is 224 Å². The number of hydrogen-bond donors (Lipinski definition) is 1. The summed E-state index contributed by atoms with van der Waals surface area (Å²) in [5.41, 5.74) is 10.4. The maximum Gasteiger partial charge on any atom is 0.511 e. The van der Waals surface area contributed by atoms with Crippen LogP contribution < -0.4 is 0 Å². The Hall–Kier alpha value is -0.825. The molecule has 4 fully saturated rings. The van der Waals surface area contributed by atoms with Crippen molar-refractivity contribution < 1.29 is 50.1 Å². The predicted octanol–water partition coefficient (Wildman–Crippen LogP) is 1.66. The van der Waals surface area contributed by atoms with E-state index in [2.05, 4.69) is 52.6 Å². The molecule has 4 unspecified atom stereocenters. The van der Waals surface area contributed by atoms with Crippen molar-refractivity contribution in [2.45, 2.75) is 6.55 Å². The van der Waals surface area contributed by atoms with E-state index in [-0.39, 0.29) is 0 Å². The van der Waals surface area contributed by atoms with Gasteiger partial charge < -0.3 is 50.1 Å². The second-order valence-corrected chi connectivity index (χ2v) is 30.8. The molecule has 0 aromatic rings. The molecule has 4 aliphatic heterocycles. The van der Waals surface area contributed by atoms with Crippen LogP contribution in [0.1, 0.15) is 0 Å². The summed E-state index contributed by atoms with van der Waals surface area (Å²) in [4.78, 5) is 11.5. The fourth-order valence-corrected chi connectivity index (χ4v) is 40.7. The summed E-state index contributed by atoms with van der Waals surface area (Å²) in [6.07, 6.45) is 0. The zero-order chi connectivity index (χ0) is 27.4. The zero-order valence-corrected chi connectivity index (χ0v) is 28.2. The Morgan fingerprint density at radius 3 is 0.838 bits per heavy atom. The van der Waals surface area contributed by atoms with Gasteiger partial charge in [-0.05, 0) is 46.4 Å². The Bertz CT molecular complexity index is 945. The third-order valence-electron chi connectivity index (χ3n) is 5.39. The number of rotatable bonds is 8. The molecule has 200 valence electrons. The molecule has 12 nitrogen and oxygen atoms in total. The fourth-order valence-electron chi connectivity index (χ4n) is 3.69. The Morgan fingerprint density at radius 2 is 0.622 bits per heavy atom.